The highest BCUT2D eigenvalue weighted by Gasteiger charge is 2.15. The Morgan fingerprint density at radius 1 is 1.40 bits per heavy atom. The fourth-order valence-corrected chi connectivity index (χ4v) is 3.86. The van der Waals surface area contributed by atoms with Crippen LogP contribution in [0.1, 0.15) is 10.7 Å². The number of rotatable bonds is 4. The van der Waals surface area contributed by atoms with Gasteiger partial charge in [-0.2, -0.15) is 0 Å². The van der Waals surface area contributed by atoms with E-state index in [1.165, 1.54) is 4.88 Å². The van der Waals surface area contributed by atoms with E-state index in [-0.39, 0.29) is 0 Å². The predicted octanol–water partition coefficient (Wildman–Crippen LogP) is 4.66. The summed E-state index contributed by atoms with van der Waals surface area (Å²) in [6.07, 6.45) is 0. The van der Waals surface area contributed by atoms with Crippen molar-refractivity contribution in [3.63, 3.8) is 0 Å². The number of methoxy groups -OCH3 is 1. The number of benzene rings is 1. The van der Waals surface area contributed by atoms with Crippen LogP contribution in [-0.2, 0) is 12.4 Å². The molecule has 3 rings (SSSR count). The minimum absolute atomic E-state index is 0.376. The fraction of sp³-hybridized carbons (Fsp3) is 0.214. The summed E-state index contributed by atoms with van der Waals surface area (Å²) in [7, 11) is 1.66. The Kier molecular flexibility index (Phi) is 4.01. The quantitative estimate of drug-likeness (QED) is 0.624. The van der Waals surface area contributed by atoms with Gasteiger partial charge in [-0.1, -0.05) is 6.07 Å². The van der Waals surface area contributed by atoms with Gasteiger partial charge in [0.2, 0.25) is 0 Å². The Hall–Kier alpha value is -1.04. The van der Waals surface area contributed by atoms with Gasteiger partial charge in [-0.25, -0.2) is 4.98 Å². The smallest absolute Gasteiger partial charge is 0.146 e. The summed E-state index contributed by atoms with van der Waals surface area (Å²) in [5.41, 5.74) is 1.90. The second kappa shape index (κ2) is 5.76. The van der Waals surface area contributed by atoms with Crippen molar-refractivity contribution in [2.45, 2.75) is 12.4 Å². The Morgan fingerprint density at radius 3 is 2.90 bits per heavy atom. The van der Waals surface area contributed by atoms with Crippen LogP contribution in [0.25, 0.3) is 11.0 Å². The monoisotopic (exact) mass is 370 g/mol. The highest BCUT2D eigenvalue weighted by Crippen LogP contribution is 2.30. The average Bonchev–Trinajstić information content (AvgIpc) is 3.03. The van der Waals surface area contributed by atoms with Gasteiger partial charge in [-0.05, 0) is 39.5 Å². The molecule has 0 atom stereocenters. The van der Waals surface area contributed by atoms with Gasteiger partial charge in [0.1, 0.15) is 17.1 Å². The van der Waals surface area contributed by atoms with E-state index in [2.05, 4.69) is 36.9 Å². The molecule has 2 aromatic heterocycles. The summed E-state index contributed by atoms with van der Waals surface area (Å²) in [5, 5.41) is 2.07. The van der Waals surface area contributed by atoms with Crippen LogP contribution in [0.2, 0.25) is 0 Å². The normalized spacial score (nSPS) is 11.2. The van der Waals surface area contributed by atoms with Gasteiger partial charge in [0.25, 0.3) is 0 Å². The third kappa shape index (κ3) is 2.34. The highest BCUT2D eigenvalue weighted by atomic mass is 79.9. The Morgan fingerprint density at radius 2 is 2.25 bits per heavy atom. The van der Waals surface area contributed by atoms with E-state index in [0.717, 1.165) is 33.6 Å². The Labute approximate surface area is 134 Å². The SMILES string of the molecule is COc1cccc2c1nc(CCl)n2Cc1sccc1Br. The summed E-state index contributed by atoms with van der Waals surface area (Å²) in [6.45, 7) is 0.754. The molecule has 0 aliphatic heterocycles. The molecule has 0 unspecified atom stereocenters. The molecule has 0 spiro atoms. The van der Waals surface area contributed by atoms with Crippen molar-refractivity contribution in [1.82, 2.24) is 9.55 Å². The Balaban J connectivity index is 2.16. The van der Waals surface area contributed by atoms with Crippen molar-refractivity contribution < 1.29 is 4.74 Å². The van der Waals surface area contributed by atoms with Crippen molar-refractivity contribution in [3.8, 4) is 5.75 Å². The molecule has 20 heavy (non-hydrogen) atoms. The summed E-state index contributed by atoms with van der Waals surface area (Å²) >= 11 is 11.3. The molecule has 0 aliphatic rings. The molecule has 104 valence electrons. The zero-order valence-electron chi connectivity index (χ0n) is 10.8. The van der Waals surface area contributed by atoms with Crippen molar-refractivity contribution in [2.75, 3.05) is 7.11 Å². The van der Waals surface area contributed by atoms with Gasteiger partial charge in [0, 0.05) is 9.35 Å². The topological polar surface area (TPSA) is 27.1 Å². The molecule has 0 saturated heterocycles. The lowest BCUT2D eigenvalue weighted by atomic mass is 10.3. The minimum Gasteiger partial charge on any atom is -0.494 e. The number of ether oxygens (including phenoxy) is 1. The number of hydrogen-bond acceptors (Lipinski definition) is 3. The minimum atomic E-state index is 0.376. The van der Waals surface area contributed by atoms with E-state index in [0.29, 0.717) is 5.88 Å². The Bertz CT molecular complexity index is 753. The van der Waals surface area contributed by atoms with Crippen LogP contribution >= 0.6 is 38.9 Å². The maximum absolute atomic E-state index is 6.05. The van der Waals surface area contributed by atoms with Crippen LogP contribution in [-0.4, -0.2) is 16.7 Å². The first-order valence-electron chi connectivity index (χ1n) is 6.04. The lowest BCUT2D eigenvalue weighted by Crippen LogP contribution is -2.02. The number of fused-ring (bicyclic) bond motifs is 1. The van der Waals surface area contributed by atoms with E-state index in [1.54, 1.807) is 18.4 Å². The fourth-order valence-electron chi connectivity index (χ4n) is 2.19. The van der Waals surface area contributed by atoms with E-state index in [4.69, 9.17) is 16.3 Å². The van der Waals surface area contributed by atoms with Crippen LogP contribution in [0.5, 0.6) is 5.75 Å². The third-order valence-corrected chi connectivity index (χ3v) is 5.30. The average molecular weight is 372 g/mol. The largest absolute Gasteiger partial charge is 0.494 e. The number of imidazole rings is 1. The molecular formula is C14H12BrClN2OS. The zero-order valence-corrected chi connectivity index (χ0v) is 13.9. The van der Waals surface area contributed by atoms with Crippen molar-refractivity contribution in [3.05, 3.63) is 44.8 Å². The number of aromatic nitrogens is 2. The molecule has 0 radical (unpaired) electrons. The number of thiophene rings is 1. The van der Waals surface area contributed by atoms with Gasteiger partial charge in [0.15, 0.2) is 0 Å². The molecule has 1 aromatic carbocycles. The van der Waals surface area contributed by atoms with Gasteiger partial charge in [-0.3, -0.25) is 0 Å². The molecule has 6 heteroatoms. The predicted molar refractivity (Wildman–Crippen MR) is 87.0 cm³/mol. The standard InChI is InChI=1S/C14H12BrClN2OS/c1-19-11-4-2-3-10-14(11)17-13(7-16)18(10)8-12-9(15)5-6-20-12/h2-6H,7-8H2,1H3. The van der Waals surface area contributed by atoms with Gasteiger partial charge in [-0.15, -0.1) is 22.9 Å². The molecular weight excluding hydrogens is 360 g/mol. The van der Waals surface area contributed by atoms with Gasteiger partial charge in [0.05, 0.1) is 25.1 Å². The van der Waals surface area contributed by atoms with Crippen LogP contribution in [0.3, 0.4) is 0 Å². The van der Waals surface area contributed by atoms with E-state index in [9.17, 15) is 0 Å². The molecule has 0 saturated carbocycles. The van der Waals surface area contributed by atoms with Crippen LogP contribution in [0, 0.1) is 0 Å². The van der Waals surface area contributed by atoms with Crippen LogP contribution in [0.4, 0.5) is 0 Å². The highest BCUT2D eigenvalue weighted by molar-refractivity contribution is 9.10. The molecule has 0 aliphatic carbocycles. The van der Waals surface area contributed by atoms with E-state index >= 15 is 0 Å². The van der Waals surface area contributed by atoms with Crippen LogP contribution < -0.4 is 4.74 Å². The summed E-state index contributed by atoms with van der Waals surface area (Å²) in [4.78, 5) is 5.86. The van der Waals surface area contributed by atoms with Gasteiger partial charge >= 0.3 is 0 Å². The molecule has 0 amide bonds. The molecule has 3 nitrogen and oxygen atoms in total. The summed E-state index contributed by atoms with van der Waals surface area (Å²) in [5.74, 6) is 2.00. The molecule has 2 heterocycles. The second-order valence-electron chi connectivity index (χ2n) is 4.27. The number of para-hydroxylation sites is 1. The summed E-state index contributed by atoms with van der Waals surface area (Å²) < 4.78 is 8.63. The first kappa shape index (κ1) is 13.9. The van der Waals surface area contributed by atoms with Crippen molar-refractivity contribution >= 4 is 49.9 Å². The third-order valence-electron chi connectivity index (χ3n) is 3.15. The first-order chi connectivity index (χ1) is 9.74. The number of nitrogens with zero attached hydrogens (tertiary/aromatic N) is 2. The summed E-state index contributed by atoms with van der Waals surface area (Å²) in [6, 6.07) is 7.99. The lowest BCUT2D eigenvalue weighted by molar-refractivity contribution is 0.419. The second-order valence-corrected chi connectivity index (χ2v) is 6.39. The van der Waals surface area contributed by atoms with Gasteiger partial charge < -0.3 is 9.30 Å². The van der Waals surface area contributed by atoms with E-state index < -0.39 is 0 Å². The molecule has 0 bridgehead atoms. The van der Waals surface area contributed by atoms with Crippen LogP contribution in [0.15, 0.2) is 34.1 Å². The molecule has 0 N–H and O–H groups in total. The molecule has 0 fully saturated rings. The maximum Gasteiger partial charge on any atom is 0.146 e. The maximum atomic E-state index is 6.05. The lowest BCUT2D eigenvalue weighted by Gasteiger charge is -2.07. The zero-order chi connectivity index (χ0) is 14.1. The van der Waals surface area contributed by atoms with E-state index in [1.807, 2.05) is 18.2 Å². The number of hydrogen-bond donors (Lipinski definition) is 0. The van der Waals surface area contributed by atoms with Crippen molar-refractivity contribution in [2.24, 2.45) is 0 Å². The first-order valence-corrected chi connectivity index (χ1v) is 8.25. The molecule has 3 aromatic rings. The van der Waals surface area contributed by atoms with Crippen molar-refractivity contribution in [1.29, 1.82) is 0 Å². The number of alkyl halides is 1. The number of halogens is 2.